The molecule has 0 radical (unpaired) electrons. The van der Waals surface area contributed by atoms with E-state index in [1.807, 2.05) is 75.4 Å². The number of aromatic nitrogens is 2. The second-order valence-electron chi connectivity index (χ2n) is 7.33. The fraction of sp³-hybridized carbons (Fsp3) is 0.138. The number of hydrogen-bond acceptors (Lipinski definition) is 3. The maximum absolute atomic E-state index is 9.61. The van der Waals surface area contributed by atoms with Crippen molar-refractivity contribution < 1.29 is 5.11 Å². The van der Waals surface area contributed by atoms with E-state index in [0.29, 0.717) is 17.1 Å². The summed E-state index contributed by atoms with van der Waals surface area (Å²) in [7, 11) is 0. The summed E-state index contributed by atoms with van der Waals surface area (Å²) in [5.74, 6) is 0.633. The molecule has 1 heterocycles. The van der Waals surface area contributed by atoms with Crippen LogP contribution in [-0.4, -0.2) is 15.1 Å². The number of aliphatic hydroxyl groups excluding tert-OH is 1. The second kappa shape index (κ2) is 10.6. The number of imidazole rings is 1. The molecule has 4 nitrogen and oxygen atoms in total. The Labute approximate surface area is 195 Å². The molecule has 0 saturated heterocycles. The van der Waals surface area contributed by atoms with Crippen LogP contribution in [-0.2, 0) is 6.61 Å². The zero-order valence-electron chi connectivity index (χ0n) is 19.5. The molecule has 4 aromatic rings. The number of nitrogens with one attached hydrogen (secondary N) is 1. The van der Waals surface area contributed by atoms with E-state index < -0.39 is 0 Å². The lowest BCUT2D eigenvalue weighted by Gasteiger charge is -2.14. The molecule has 0 aliphatic heterocycles. The molecule has 4 heteroatoms. The van der Waals surface area contributed by atoms with Crippen LogP contribution < -0.4 is 5.73 Å². The molecule has 0 aliphatic carbocycles. The fourth-order valence-electron chi connectivity index (χ4n) is 3.87. The van der Waals surface area contributed by atoms with Crippen LogP contribution in [0.25, 0.3) is 28.3 Å². The van der Waals surface area contributed by atoms with Crippen molar-refractivity contribution in [2.75, 3.05) is 5.73 Å². The fourth-order valence-corrected chi connectivity index (χ4v) is 3.87. The minimum absolute atomic E-state index is 0.0703. The predicted octanol–water partition coefficient (Wildman–Crippen LogP) is 6.82. The van der Waals surface area contributed by atoms with Crippen molar-refractivity contribution in [3.63, 3.8) is 0 Å². The number of H-pyrrole nitrogens is 1. The number of aromatic amines is 1. The van der Waals surface area contributed by atoms with Crippen molar-refractivity contribution in [3.05, 3.63) is 114 Å². The van der Waals surface area contributed by atoms with Gasteiger partial charge in [0.05, 0.1) is 17.6 Å². The third-order valence-electron chi connectivity index (χ3n) is 5.50. The Morgan fingerprint density at radius 3 is 2.52 bits per heavy atom. The van der Waals surface area contributed by atoms with Gasteiger partial charge < -0.3 is 15.8 Å². The van der Waals surface area contributed by atoms with E-state index in [4.69, 9.17) is 5.73 Å². The van der Waals surface area contributed by atoms with Gasteiger partial charge in [-0.3, -0.25) is 0 Å². The highest BCUT2D eigenvalue weighted by Crippen LogP contribution is 2.33. The van der Waals surface area contributed by atoms with Crippen LogP contribution in [0, 0.1) is 0 Å². The van der Waals surface area contributed by atoms with Gasteiger partial charge in [-0.25, -0.2) is 4.98 Å². The number of anilines is 1. The predicted molar refractivity (Wildman–Crippen MR) is 142 cm³/mol. The van der Waals surface area contributed by atoms with Gasteiger partial charge in [0.1, 0.15) is 5.82 Å². The number of aliphatic hydroxyl groups is 1. The molecule has 1 aromatic heterocycles. The number of fused-ring (bicyclic) bond motifs is 1. The van der Waals surface area contributed by atoms with Gasteiger partial charge in [0.25, 0.3) is 0 Å². The number of para-hydroxylation sites is 1. The van der Waals surface area contributed by atoms with Crippen LogP contribution in [0.15, 0.2) is 79.9 Å². The van der Waals surface area contributed by atoms with Crippen molar-refractivity contribution in [2.45, 2.75) is 27.4 Å². The minimum atomic E-state index is -0.0703. The number of rotatable bonds is 6. The number of nitrogens with two attached hydrogens (primary N) is 1. The first-order chi connectivity index (χ1) is 16.1. The second-order valence-corrected chi connectivity index (χ2v) is 7.33. The molecule has 0 unspecified atom stereocenters. The topological polar surface area (TPSA) is 74.9 Å². The molecule has 0 spiro atoms. The Morgan fingerprint density at radius 2 is 1.82 bits per heavy atom. The molecule has 0 atom stereocenters. The lowest BCUT2D eigenvalue weighted by molar-refractivity contribution is 0.283. The molecule has 4 N–H and O–H groups in total. The van der Waals surface area contributed by atoms with Gasteiger partial charge in [-0.2, -0.15) is 0 Å². The summed E-state index contributed by atoms with van der Waals surface area (Å²) in [5, 5.41) is 9.61. The van der Waals surface area contributed by atoms with Crippen LogP contribution >= 0.6 is 0 Å². The standard InChI is InChI=1S/C27H25N3O.C2H6/c1-4-18-9-6-7-11-22(18)21(5-2)19-13-14-24(28)23(15-19)17(3)27-29-25-12-8-10-20(16-31)26(25)30-27;1-2/h4-15,31H,1,3,16,28H2,2H3,(H,29,30);1-2H3/b21-5-;. The molecule has 0 bridgehead atoms. The molecule has 0 fully saturated rings. The summed E-state index contributed by atoms with van der Waals surface area (Å²) < 4.78 is 0. The van der Waals surface area contributed by atoms with Crippen molar-refractivity contribution in [3.8, 4) is 0 Å². The largest absolute Gasteiger partial charge is 0.398 e. The lowest BCUT2D eigenvalue weighted by Crippen LogP contribution is -1.99. The summed E-state index contributed by atoms with van der Waals surface area (Å²) in [6.45, 7) is 14.2. The van der Waals surface area contributed by atoms with Crippen LogP contribution in [0.4, 0.5) is 5.69 Å². The van der Waals surface area contributed by atoms with E-state index in [2.05, 4.69) is 41.3 Å². The molecule has 0 aliphatic rings. The van der Waals surface area contributed by atoms with Crippen LogP contribution in [0.3, 0.4) is 0 Å². The van der Waals surface area contributed by atoms with Gasteiger partial charge >= 0.3 is 0 Å². The van der Waals surface area contributed by atoms with Crippen molar-refractivity contribution in [1.29, 1.82) is 0 Å². The van der Waals surface area contributed by atoms with Gasteiger partial charge in [-0.05, 0) is 47.4 Å². The quantitative estimate of drug-likeness (QED) is 0.290. The number of allylic oxidation sites excluding steroid dienone is 1. The van der Waals surface area contributed by atoms with Crippen molar-refractivity contribution in [2.24, 2.45) is 0 Å². The third kappa shape index (κ3) is 4.66. The molecular formula is C29H31N3O. The first-order valence-corrected chi connectivity index (χ1v) is 11.1. The van der Waals surface area contributed by atoms with E-state index in [1.54, 1.807) is 0 Å². The Bertz CT molecular complexity index is 1330. The molecule has 33 heavy (non-hydrogen) atoms. The molecule has 0 amide bonds. The number of nitrogen functional groups attached to an aromatic ring is 1. The van der Waals surface area contributed by atoms with Crippen LogP contribution in [0.2, 0.25) is 0 Å². The van der Waals surface area contributed by atoms with Crippen LogP contribution in [0.1, 0.15) is 54.4 Å². The Kier molecular flexibility index (Phi) is 7.65. The highest BCUT2D eigenvalue weighted by atomic mass is 16.3. The first kappa shape index (κ1) is 23.8. The first-order valence-electron chi connectivity index (χ1n) is 11.1. The highest BCUT2D eigenvalue weighted by Gasteiger charge is 2.15. The van der Waals surface area contributed by atoms with Gasteiger partial charge in [-0.15, -0.1) is 0 Å². The average molecular weight is 438 g/mol. The maximum atomic E-state index is 9.61. The van der Waals surface area contributed by atoms with Gasteiger partial charge in [0.15, 0.2) is 0 Å². The van der Waals surface area contributed by atoms with E-state index in [1.165, 1.54) is 0 Å². The Morgan fingerprint density at radius 1 is 1.06 bits per heavy atom. The normalized spacial score (nSPS) is 11.1. The lowest BCUT2D eigenvalue weighted by atomic mass is 9.91. The molecule has 4 rings (SSSR count). The van der Waals surface area contributed by atoms with Crippen LogP contribution in [0.5, 0.6) is 0 Å². The number of benzene rings is 3. The summed E-state index contributed by atoms with van der Waals surface area (Å²) in [6.07, 6.45) is 3.96. The molecular weight excluding hydrogens is 406 g/mol. The smallest absolute Gasteiger partial charge is 0.138 e. The Hall–Kier alpha value is -3.89. The van der Waals surface area contributed by atoms with E-state index >= 15 is 0 Å². The van der Waals surface area contributed by atoms with E-state index in [0.717, 1.165) is 44.4 Å². The monoisotopic (exact) mass is 437 g/mol. The van der Waals surface area contributed by atoms with Gasteiger partial charge in [-0.1, -0.05) is 81.6 Å². The van der Waals surface area contributed by atoms with E-state index in [-0.39, 0.29) is 6.61 Å². The number of nitrogens with zero attached hydrogens (tertiary/aromatic N) is 1. The highest BCUT2D eigenvalue weighted by molar-refractivity contribution is 5.90. The molecule has 168 valence electrons. The van der Waals surface area contributed by atoms with Gasteiger partial charge in [0.2, 0.25) is 0 Å². The Balaban J connectivity index is 0.00000149. The zero-order chi connectivity index (χ0) is 24.0. The summed E-state index contributed by atoms with van der Waals surface area (Å²) in [5.41, 5.74) is 15.2. The average Bonchev–Trinajstić information content (AvgIpc) is 3.31. The van der Waals surface area contributed by atoms with Crippen molar-refractivity contribution in [1.82, 2.24) is 9.97 Å². The summed E-state index contributed by atoms with van der Waals surface area (Å²) in [4.78, 5) is 7.99. The summed E-state index contributed by atoms with van der Waals surface area (Å²) >= 11 is 0. The number of hydrogen-bond donors (Lipinski definition) is 3. The van der Waals surface area contributed by atoms with Crippen molar-refractivity contribution >= 4 is 33.9 Å². The van der Waals surface area contributed by atoms with Gasteiger partial charge in [0, 0.05) is 22.4 Å². The third-order valence-corrected chi connectivity index (χ3v) is 5.50. The minimum Gasteiger partial charge on any atom is -0.398 e. The summed E-state index contributed by atoms with van der Waals surface area (Å²) in [6, 6.07) is 19.8. The SMILES string of the molecule is C=Cc1ccccc1/C(=C\C)c1ccc(N)c(C(=C)c2nc3c(CO)cccc3[nH]2)c1.CC. The zero-order valence-corrected chi connectivity index (χ0v) is 19.5. The van der Waals surface area contributed by atoms with E-state index in [9.17, 15) is 5.11 Å². The molecule has 3 aromatic carbocycles. The molecule has 0 saturated carbocycles. The maximum Gasteiger partial charge on any atom is 0.138 e.